The molecule has 0 aromatic carbocycles. The van der Waals surface area contributed by atoms with Crippen LogP contribution in [0.3, 0.4) is 0 Å². The maximum Gasteiger partial charge on any atom is 0.407 e. The molecule has 0 unspecified atom stereocenters. The number of carboxylic acid groups (broad SMARTS) is 1. The lowest BCUT2D eigenvalue weighted by molar-refractivity contribution is -0.138. The Bertz CT molecular complexity index is 988. The molecule has 0 rings (SSSR count). The van der Waals surface area contributed by atoms with Gasteiger partial charge in [-0.1, -0.05) is 0 Å². The number of unbranched alkanes of at least 4 members (excludes halogenated alkanes) is 2. The third-order valence-corrected chi connectivity index (χ3v) is 5.58. The molecule has 15 nitrogen and oxygen atoms in total. The van der Waals surface area contributed by atoms with Gasteiger partial charge in [-0.25, -0.2) is 9.59 Å². The molecule has 0 aliphatic heterocycles. The Balaban J connectivity index is 5.18. The van der Waals surface area contributed by atoms with E-state index in [9.17, 15) is 33.6 Å². The van der Waals surface area contributed by atoms with Crippen LogP contribution in [-0.2, 0) is 33.4 Å². The van der Waals surface area contributed by atoms with Crippen molar-refractivity contribution in [1.82, 2.24) is 26.6 Å². The van der Waals surface area contributed by atoms with Crippen LogP contribution in [0.4, 0.5) is 9.59 Å². The van der Waals surface area contributed by atoms with Crippen LogP contribution in [0.25, 0.3) is 0 Å². The molecule has 5 amide bonds. The Labute approximate surface area is 259 Å². The third kappa shape index (κ3) is 22.7. The highest BCUT2D eigenvalue weighted by Crippen LogP contribution is 2.09. The Morgan fingerprint density at radius 3 is 1.50 bits per heavy atom. The van der Waals surface area contributed by atoms with Gasteiger partial charge in [0, 0.05) is 26.4 Å². The Morgan fingerprint density at radius 1 is 0.636 bits per heavy atom. The summed E-state index contributed by atoms with van der Waals surface area (Å²) in [5.74, 6) is -3.33. The fourth-order valence-corrected chi connectivity index (χ4v) is 3.66. The first kappa shape index (κ1) is 40.1. The molecule has 252 valence electrons. The number of Topliss-reactive ketones (excluding diaryl/α,β-unsaturated/α-hetero) is 1. The lowest BCUT2D eigenvalue weighted by atomic mass is 10.1. The molecular weight excluding hydrogens is 578 g/mol. The number of nitrogens with one attached hydrogen (secondary N) is 5. The zero-order valence-corrected chi connectivity index (χ0v) is 27.1. The smallest absolute Gasteiger partial charge is 0.407 e. The van der Waals surface area contributed by atoms with E-state index in [0.717, 1.165) is 0 Å². The topological polar surface area (TPSA) is 218 Å². The highest BCUT2D eigenvalue weighted by molar-refractivity contribution is 5.93. The summed E-state index contributed by atoms with van der Waals surface area (Å²) in [5.41, 5.74) is -1.29. The van der Waals surface area contributed by atoms with Gasteiger partial charge in [0.2, 0.25) is 17.7 Å². The van der Waals surface area contributed by atoms with Crippen LogP contribution in [0.5, 0.6) is 0 Å². The molecule has 0 aromatic rings. The summed E-state index contributed by atoms with van der Waals surface area (Å²) < 4.78 is 10.4. The number of carboxylic acids is 1. The fourth-order valence-electron chi connectivity index (χ4n) is 3.66. The van der Waals surface area contributed by atoms with E-state index in [1.807, 2.05) is 0 Å². The van der Waals surface area contributed by atoms with Crippen LogP contribution in [-0.4, -0.2) is 89.7 Å². The second-order valence-corrected chi connectivity index (χ2v) is 12.3. The molecular formula is C29H51N5O10. The van der Waals surface area contributed by atoms with Crippen molar-refractivity contribution in [1.29, 1.82) is 0 Å². The molecule has 2 atom stereocenters. The van der Waals surface area contributed by atoms with Gasteiger partial charge < -0.3 is 41.2 Å². The standard InChI is InChI=1S/C29H51N5O10/c1-19(35)33-22(13-9-11-17-31-27(42)44-29(5,6)7)25(40)34-21(24(39)32-18-20(36)14-15-23(37)38)12-8-10-16-30-26(41)43-28(2,3)4/h21-22H,8-18H2,1-7H3,(H,30,41)(H,31,42)(H,32,39)(H,33,35)(H,34,40)(H,37,38)/t21-,22-/m0/s1. The van der Waals surface area contributed by atoms with Crippen LogP contribution in [0.1, 0.15) is 99.8 Å². The molecule has 44 heavy (non-hydrogen) atoms. The largest absolute Gasteiger partial charge is 0.481 e. The molecule has 0 aliphatic rings. The summed E-state index contributed by atoms with van der Waals surface area (Å²) >= 11 is 0. The van der Waals surface area contributed by atoms with E-state index in [4.69, 9.17) is 14.6 Å². The molecule has 15 heteroatoms. The number of hydrogen-bond acceptors (Lipinski definition) is 9. The van der Waals surface area contributed by atoms with Gasteiger partial charge >= 0.3 is 18.2 Å². The number of carbonyl (C=O) groups excluding carboxylic acids is 6. The summed E-state index contributed by atoms with van der Waals surface area (Å²) in [7, 11) is 0. The van der Waals surface area contributed by atoms with E-state index in [-0.39, 0.29) is 32.2 Å². The number of hydrogen-bond donors (Lipinski definition) is 6. The summed E-state index contributed by atoms with van der Waals surface area (Å²) in [5, 5.41) is 21.6. The van der Waals surface area contributed by atoms with Crippen molar-refractivity contribution in [2.75, 3.05) is 19.6 Å². The summed E-state index contributed by atoms with van der Waals surface area (Å²) in [6, 6.07) is -2.03. The molecule has 0 heterocycles. The minimum Gasteiger partial charge on any atom is -0.481 e. The number of alkyl carbamates (subject to hydrolysis) is 2. The molecule has 0 saturated carbocycles. The summed E-state index contributed by atoms with van der Waals surface area (Å²) in [4.78, 5) is 84.2. The first-order chi connectivity index (χ1) is 20.3. The van der Waals surface area contributed by atoms with Crippen molar-refractivity contribution in [3.8, 4) is 0 Å². The highest BCUT2D eigenvalue weighted by atomic mass is 16.6. The molecule has 0 radical (unpaired) electrons. The van der Waals surface area contributed by atoms with E-state index < -0.39 is 71.5 Å². The summed E-state index contributed by atoms with van der Waals surface area (Å²) in [6.45, 7) is 11.9. The molecule has 0 fully saturated rings. The zero-order chi connectivity index (χ0) is 33.9. The van der Waals surface area contributed by atoms with Gasteiger partial charge in [0.1, 0.15) is 23.3 Å². The average molecular weight is 630 g/mol. The van der Waals surface area contributed by atoms with Gasteiger partial charge in [-0.2, -0.15) is 0 Å². The van der Waals surface area contributed by atoms with Gasteiger partial charge in [-0.15, -0.1) is 0 Å². The normalized spacial score (nSPS) is 12.6. The van der Waals surface area contributed by atoms with Gasteiger partial charge in [0.25, 0.3) is 0 Å². The minimum atomic E-state index is -1.14. The SMILES string of the molecule is CC(=O)N[C@@H](CCCCNC(=O)OC(C)(C)C)C(=O)N[C@@H](CCCCNC(=O)OC(C)(C)C)C(=O)NCC(=O)CCC(=O)O. The second kappa shape index (κ2) is 20.1. The first-order valence-electron chi connectivity index (χ1n) is 14.8. The van der Waals surface area contributed by atoms with Crippen molar-refractivity contribution in [2.24, 2.45) is 0 Å². The van der Waals surface area contributed by atoms with Crippen LogP contribution < -0.4 is 26.6 Å². The van der Waals surface area contributed by atoms with E-state index in [1.165, 1.54) is 6.92 Å². The highest BCUT2D eigenvalue weighted by Gasteiger charge is 2.26. The molecule has 0 aliphatic carbocycles. The van der Waals surface area contributed by atoms with Crippen molar-refractivity contribution < 1.29 is 48.1 Å². The van der Waals surface area contributed by atoms with Gasteiger partial charge in [-0.05, 0) is 80.1 Å². The van der Waals surface area contributed by atoms with Crippen LogP contribution in [0.2, 0.25) is 0 Å². The monoisotopic (exact) mass is 629 g/mol. The quantitative estimate of drug-likeness (QED) is 0.114. The van der Waals surface area contributed by atoms with E-state index >= 15 is 0 Å². The van der Waals surface area contributed by atoms with Crippen LogP contribution >= 0.6 is 0 Å². The number of rotatable bonds is 19. The maximum absolute atomic E-state index is 13.1. The second-order valence-electron chi connectivity index (χ2n) is 12.3. The number of ether oxygens (including phenoxy) is 2. The predicted molar refractivity (Wildman–Crippen MR) is 161 cm³/mol. The minimum absolute atomic E-state index is 0.156. The maximum atomic E-state index is 13.1. The number of ketones is 1. The van der Waals surface area contributed by atoms with Gasteiger partial charge in [-0.3, -0.25) is 24.0 Å². The number of amides is 5. The number of aliphatic carboxylic acids is 1. The van der Waals surface area contributed by atoms with Crippen molar-refractivity contribution >= 4 is 41.7 Å². The number of carbonyl (C=O) groups is 7. The van der Waals surface area contributed by atoms with E-state index in [2.05, 4.69) is 26.6 Å². The lowest BCUT2D eigenvalue weighted by Gasteiger charge is -2.23. The predicted octanol–water partition coefficient (Wildman–Crippen LogP) is 1.92. The molecule has 0 bridgehead atoms. The first-order valence-corrected chi connectivity index (χ1v) is 14.8. The zero-order valence-electron chi connectivity index (χ0n) is 27.1. The lowest BCUT2D eigenvalue weighted by Crippen LogP contribution is -2.54. The van der Waals surface area contributed by atoms with Crippen molar-refractivity contribution in [3.05, 3.63) is 0 Å². The molecule has 0 saturated heterocycles. The van der Waals surface area contributed by atoms with Gasteiger partial charge in [0.15, 0.2) is 5.78 Å². The van der Waals surface area contributed by atoms with Crippen LogP contribution in [0, 0.1) is 0 Å². The average Bonchev–Trinajstić information content (AvgIpc) is 2.86. The van der Waals surface area contributed by atoms with Crippen molar-refractivity contribution in [3.63, 3.8) is 0 Å². The Hall–Kier alpha value is -3.91. The van der Waals surface area contributed by atoms with Crippen LogP contribution in [0.15, 0.2) is 0 Å². The third-order valence-electron chi connectivity index (χ3n) is 5.58. The van der Waals surface area contributed by atoms with E-state index in [1.54, 1.807) is 41.5 Å². The Kier molecular flexibility index (Phi) is 18.3. The molecule has 0 aromatic heterocycles. The van der Waals surface area contributed by atoms with Crippen molar-refractivity contribution in [2.45, 2.75) is 123 Å². The molecule has 6 N–H and O–H groups in total. The summed E-state index contributed by atoms with van der Waals surface area (Å²) in [6.07, 6.45) is 0.423. The van der Waals surface area contributed by atoms with E-state index in [0.29, 0.717) is 32.2 Å². The molecule has 0 spiro atoms. The fraction of sp³-hybridized carbons (Fsp3) is 0.759. The van der Waals surface area contributed by atoms with Gasteiger partial charge in [0.05, 0.1) is 13.0 Å². The Morgan fingerprint density at radius 2 is 1.09 bits per heavy atom.